The van der Waals surface area contributed by atoms with E-state index in [1.54, 1.807) is 0 Å². The second kappa shape index (κ2) is 8.48. The minimum absolute atomic E-state index is 0.0506. The van der Waals surface area contributed by atoms with Gasteiger partial charge in [-0.1, -0.05) is 31.6 Å². The van der Waals surface area contributed by atoms with Crippen LogP contribution in [0.2, 0.25) is 0 Å². The standard InChI is InChI=1S/C30H39NO3/c1-5-6-27(33)30(34)16-14-26-23-12-9-20-17-22(32)18-25(19-7-10-21(11-8-19)31(3)4)28(20)24(23)13-15-29(26,30)2/h7-8,10-11,17,23,25-26,34H,5-6,9,12-16,18H2,1-4H3/t23-,25+,26+,29+,30+/m1/s1. The summed E-state index contributed by atoms with van der Waals surface area (Å²) in [5.41, 5.74) is 5.03. The Morgan fingerprint density at radius 3 is 2.53 bits per heavy atom. The number of Topliss-reactive ketones (excluding diaryl/α,β-unsaturated/α-hetero) is 1. The second-order valence-electron chi connectivity index (χ2n) is 11.6. The van der Waals surface area contributed by atoms with Gasteiger partial charge in [-0.05, 0) is 91.7 Å². The highest BCUT2D eigenvalue weighted by atomic mass is 16.3. The van der Waals surface area contributed by atoms with E-state index in [1.165, 1.54) is 22.3 Å². The molecule has 0 saturated heterocycles. The van der Waals surface area contributed by atoms with Gasteiger partial charge >= 0.3 is 0 Å². The third kappa shape index (κ3) is 3.44. The lowest BCUT2D eigenvalue weighted by Crippen LogP contribution is -2.54. The number of anilines is 1. The number of benzene rings is 1. The summed E-state index contributed by atoms with van der Waals surface area (Å²) >= 11 is 0. The Morgan fingerprint density at radius 2 is 1.85 bits per heavy atom. The Kier molecular flexibility index (Phi) is 5.87. The summed E-state index contributed by atoms with van der Waals surface area (Å²) in [6, 6.07) is 8.69. The van der Waals surface area contributed by atoms with E-state index < -0.39 is 5.60 Å². The SMILES string of the molecule is CCCC(=O)[C@@]1(O)CC[C@H]2[C@@H]3CCC4=CC(=O)C[C@@H](c5ccc(N(C)C)cc5)C4=C3CC[C@@]21C. The maximum absolute atomic E-state index is 13.1. The lowest BCUT2D eigenvalue weighted by molar-refractivity contribution is -0.154. The average molecular weight is 462 g/mol. The molecule has 4 aliphatic carbocycles. The van der Waals surface area contributed by atoms with Gasteiger partial charge in [0.2, 0.25) is 0 Å². The summed E-state index contributed by atoms with van der Waals surface area (Å²) in [7, 11) is 4.09. The number of rotatable bonds is 5. The number of hydrogen-bond donors (Lipinski definition) is 1. The summed E-state index contributed by atoms with van der Waals surface area (Å²) in [5.74, 6) is 1.15. The summed E-state index contributed by atoms with van der Waals surface area (Å²) in [4.78, 5) is 27.9. The first-order valence-corrected chi connectivity index (χ1v) is 13.2. The van der Waals surface area contributed by atoms with Crippen LogP contribution in [0.1, 0.15) is 83.1 Å². The lowest BCUT2D eigenvalue weighted by Gasteiger charge is -2.52. The molecule has 1 N–H and O–H groups in total. The van der Waals surface area contributed by atoms with Crippen LogP contribution < -0.4 is 4.90 Å². The minimum Gasteiger partial charge on any atom is -0.381 e. The highest BCUT2D eigenvalue weighted by molar-refractivity contribution is 5.94. The van der Waals surface area contributed by atoms with Crippen LogP contribution >= 0.6 is 0 Å². The first-order valence-electron chi connectivity index (χ1n) is 13.2. The highest BCUT2D eigenvalue weighted by Crippen LogP contribution is 2.64. The van der Waals surface area contributed by atoms with Crippen LogP contribution in [0.4, 0.5) is 5.69 Å². The Balaban J connectivity index is 1.54. The third-order valence-corrected chi connectivity index (χ3v) is 9.68. The van der Waals surface area contributed by atoms with E-state index in [1.807, 2.05) is 27.1 Å². The van der Waals surface area contributed by atoms with Crippen LogP contribution in [-0.4, -0.2) is 36.4 Å². The molecule has 182 valence electrons. The fraction of sp³-hybridized carbons (Fsp3) is 0.600. The van der Waals surface area contributed by atoms with Gasteiger partial charge in [0.25, 0.3) is 0 Å². The van der Waals surface area contributed by atoms with E-state index in [2.05, 4.69) is 36.1 Å². The molecule has 5 atom stereocenters. The molecule has 0 unspecified atom stereocenters. The van der Waals surface area contributed by atoms with E-state index in [9.17, 15) is 14.7 Å². The van der Waals surface area contributed by atoms with Crippen LogP contribution in [0.3, 0.4) is 0 Å². The fourth-order valence-corrected chi connectivity index (χ4v) is 7.83. The minimum atomic E-state index is -1.18. The zero-order valence-corrected chi connectivity index (χ0v) is 21.2. The maximum Gasteiger partial charge on any atom is 0.164 e. The number of carbonyl (C=O) groups excluding carboxylic acids is 2. The first kappa shape index (κ1) is 23.5. The Hall–Kier alpha value is -2.20. The topological polar surface area (TPSA) is 57.6 Å². The normalized spacial score (nSPS) is 34.8. The molecule has 0 heterocycles. The molecule has 0 bridgehead atoms. The van der Waals surface area contributed by atoms with Gasteiger partial charge in [-0.2, -0.15) is 0 Å². The number of allylic oxidation sites excluding steroid dienone is 4. The molecular formula is C30H39NO3. The van der Waals surface area contributed by atoms with Crippen LogP contribution in [-0.2, 0) is 9.59 Å². The van der Waals surface area contributed by atoms with Crippen molar-refractivity contribution < 1.29 is 14.7 Å². The maximum atomic E-state index is 13.1. The van der Waals surface area contributed by atoms with E-state index in [-0.39, 0.29) is 22.9 Å². The van der Waals surface area contributed by atoms with Crippen LogP contribution in [0.15, 0.2) is 47.1 Å². The molecule has 0 spiro atoms. The molecule has 0 amide bonds. The van der Waals surface area contributed by atoms with E-state index in [4.69, 9.17) is 0 Å². The van der Waals surface area contributed by atoms with Gasteiger partial charge in [0.05, 0.1) is 0 Å². The monoisotopic (exact) mass is 461 g/mol. The molecule has 1 aromatic rings. The lowest BCUT2D eigenvalue weighted by atomic mass is 9.53. The van der Waals surface area contributed by atoms with Crippen molar-refractivity contribution in [1.29, 1.82) is 0 Å². The van der Waals surface area contributed by atoms with Crippen molar-refractivity contribution >= 4 is 17.3 Å². The molecule has 34 heavy (non-hydrogen) atoms. The number of aliphatic hydroxyl groups is 1. The first-order chi connectivity index (χ1) is 16.2. The quantitative estimate of drug-likeness (QED) is 0.606. The molecule has 1 aromatic carbocycles. The fourth-order valence-electron chi connectivity index (χ4n) is 7.83. The summed E-state index contributed by atoms with van der Waals surface area (Å²) in [6.07, 6.45) is 8.96. The Labute approximate surface area is 204 Å². The van der Waals surface area contributed by atoms with Crippen molar-refractivity contribution in [3.63, 3.8) is 0 Å². The molecule has 2 fully saturated rings. The van der Waals surface area contributed by atoms with Gasteiger partial charge in [0, 0.05) is 44.0 Å². The molecule has 0 radical (unpaired) electrons. The van der Waals surface area contributed by atoms with E-state index >= 15 is 0 Å². The average Bonchev–Trinajstić information content (AvgIpc) is 3.10. The predicted molar refractivity (Wildman–Crippen MR) is 136 cm³/mol. The van der Waals surface area contributed by atoms with Crippen molar-refractivity contribution in [3.05, 3.63) is 52.6 Å². The van der Waals surface area contributed by atoms with Crippen LogP contribution in [0.25, 0.3) is 0 Å². The van der Waals surface area contributed by atoms with Gasteiger partial charge in [0.15, 0.2) is 11.6 Å². The van der Waals surface area contributed by atoms with E-state index in [0.29, 0.717) is 31.1 Å². The molecule has 2 saturated carbocycles. The third-order valence-electron chi connectivity index (χ3n) is 9.68. The summed E-state index contributed by atoms with van der Waals surface area (Å²) < 4.78 is 0. The van der Waals surface area contributed by atoms with Crippen LogP contribution in [0.5, 0.6) is 0 Å². The zero-order chi connectivity index (χ0) is 24.3. The van der Waals surface area contributed by atoms with Crippen molar-refractivity contribution in [2.24, 2.45) is 17.3 Å². The molecule has 0 aromatic heterocycles. The Morgan fingerprint density at radius 1 is 1.12 bits per heavy atom. The number of nitrogens with zero attached hydrogens (tertiary/aromatic N) is 1. The van der Waals surface area contributed by atoms with Crippen molar-refractivity contribution in [2.75, 3.05) is 19.0 Å². The Bertz CT molecular complexity index is 1070. The van der Waals surface area contributed by atoms with Gasteiger partial charge in [-0.25, -0.2) is 0 Å². The van der Waals surface area contributed by atoms with Crippen LogP contribution in [0, 0.1) is 17.3 Å². The van der Waals surface area contributed by atoms with Crippen molar-refractivity contribution in [2.45, 2.75) is 83.2 Å². The number of fused-ring (bicyclic) bond motifs is 4. The second-order valence-corrected chi connectivity index (χ2v) is 11.6. The van der Waals surface area contributed by atoms with Gasteiger partial charge in [-0.3, -0.25) is 9.59 Å². The number of ketones is 2. The number of carbonyl (C=O) groups is 2. The molecule has 4 heteroatoms. The zero-order valence-electron chi connectivity index (χ0n) is 21.2. The van der Waals surface area contributed by atoms with Gasteiger partial charge < -0.3 is 10.0 Å². The summed E-state index contributed by atoms with van der Waals surface area (Å²) in [6.45, 7) is 4.21. The molecule has 0 aliphatic heterocycles. The highest BCUT2D eigenvalue weighted by Gasteiger charge is 2.63. The van der Waals surface area contributed by atoms with Crippen molar-refractivity contribution in [1.82, 2.24) is 0 Å². The summed E-state index contributed by atoms with van der Waals surface area (Å²) in [5, 5.41) is 11.7. The van der Waals surface area contributed by atoms with Gasteiger partial charge in [-0.15, -0.1) is 0 Å². The predicted octanol–water partition coefficient (Wildman–Crippen LogP) is 5.75. The largest absolute Gasteiger partial charge is 0.381 e. The smallest absolute Gasteiger partial charge is 0.164 e. The van der Waals surface area contributed by atoms with Gasteiger partial charge in [0.1, 0.15) is 5.60 Å². The number of hydrogen-bond acceptors (Lipinski definition) is 4. The molecular weight excluding hydrogens is 422 g/mol. The molecule has 4 aliphatic rings. The van der Waals surface area contributed by atoms with E-state index in [0.717, 1.165) is 44.2 Å². The van der Waals surface area contributed by atoms with Crippen molar-refractivity contribution in [3.8, 4) is 0 Å². The molecule has 5 rings (SSSR count). The molecule has 4 nitrogen and oxygen atoms in total.